The molecule has 1 amide bonds. The molecule has 0 saturated carbocycles. The first kappa shape index (κ1) is 15.0. The zero-order chi connectivity index (χ0) is 15.4. The van der Waals surface area contributed by atoms with Gasteiger partial charge in [-0.25, -0.2) is 4.39 Å². The van der Waals surface area contributed by atoms with Gasteiger partial charge in [0, 0.05) is 25.3 Å². The van der Waals surface area contributed by atoms with Crippen LogP contribution in [0.25, 0.3) is 0 Å². The number of amides is 1. The van der Waals surface area contributed by atoms with Gasteiger partial charge in [-0.05, 0) is 23.8 Å². The van der Waals surface area contributed by atoms with Crippen LogP contribution in [0.4, 0.5) is 10.1 Å². The van der Waals surface area contributed by atoms with Crippen LogP contribution in [0.5, 0.6) is 5.75 Å². The van der Waals surface area contributed by atoms with E-state index < -0.39 is 11.7 Å². The van der Waals surface area contributed by atoms with Crippen molar-refractivity contribution in [3.63, 3.8) is 0 Å². The Morgan fingerprint density at radius 2 is 2.00 bits per heavy atom. The van der Waals surface area contributed by atoms with Gasteiger partial charge < -0.3 is 15.4 Å². The summed E-state index contributed by atoms with van der Waals surface area (Å²) in [4.78, 5) is 13.8. The zero-order valence-corrected chi connectivity index (χ0v) is 12.0. The highest BCUT2D eigenvalue weighted by Gasteiger charge is 2.19. The molecule has 0 aliphatic carbocycles. The molecule has 2 aromatic carbocycles. The number of hydrogen-bond donors (Lipinski definition) is 1. The Bertz CT molecular complexity index is 658. The lowest BCUT2D eigenvalue weighted by molar-refractivity contribution is 0.0989. The van der Waals surface area contributed by atoms with Gasteiger partial charge in [0.2, 0.25) is 0 Å². The van der Waals surface area contributed by atoms with Crippen LogP contribution in [-0.4, -0.2) is 20.1 Å². The van der Waals surface area contributed by atoms with Gasteiger partial charge in [-0.2, -0.15) is 0 Å². The van der Waals surface area contributed by atoms with Gasteiger partial charge in [0.1, 0.15) is 11.6 Å². The Hall–Kier alpha value is -2.40. The Kier molecular flexibility index (Phi) is 4.55. The fraction of sp³-hybridized carbons (Fsp3) is 0.188. The van der Waals surface area contributed by atoms with Crippen molar-refractivity contribution in [2.45, 2.75) is 6.54 Å². The summed E-state index contributed by atoms with van der Waals surface area (Å²) in [5, 5.41) is 0. The van der Waals surface area contributed by atoms with Gasteiger partial charge in [0.25, 0.3) is 5.91 Å². The number of anilines is 1. The summed E-state index contributed by atoms with van der Waals surface area (Å²) >= 11 is 0. The van der Waals surface area contributed by atoms with Crippen LogP contribution in [0.15, 0.2) is 42.5 Å². The second-order valence-electron chi connectivity index (χ2n) is 4.54. The number of carbonyl (C=O) groups excluding carboxylic acids is 1. The molecule has 0 spiro atoms. The van der Waals surface area contributed by atoms with Crippen molar-refractivity contribution in [2.24, 2.45) is 5.73 Å². The molecule has 2 N–H and O–H groups in total. The number of para-hydroxylation sites is 1. The van der Waals surface area contributed by atoms with E-state index in [0.29, 0.717) is 18.0 Å². The van der Waals surface area contributed by atoms with Crippen molar-refractivity contribution < 1.29 is 13.9 Å². The average molecular weight is 288 g/mol. The van der Waals surface area contributed by atoms with E-state index in [-0.39, 0.29) is 5.56 Å². The molecule has 5 heteroatoms. The Morgan fingerprint density at radius 1 is 1.29 bits per heavy atom. The minimum atomic E-state index is -0.614. The summed E-state index contributed by atoms with van der Waals surface area (Å²) in [5.41, 5.74) is 7.15. The number of methoxy groups -OCH3 is 1. The van der Waals surface area contributed by atoms with Crippen molar-refractivity contribution in [1.29, 1.82) is 0 Å². The lowest BCUT2D eigenvalue weighted by atomic mass is 10.1. The molecule has 110 valence electrons. The Labute approximate surface area is 122 Å². The molecule has 21 heavy (non-hydrogen) atoms. The maximum absolute atomic E-state index is 14.0. The van der Waals surface area contributed by atoms with Crippen LogP contribution in [-0.2, 0) is 6.54 Å². The lowest BCUT2D eigenvalue weighted by Crippen LogP contribution is -2.28. The minimum absolute atomic E-state index is 0.00914. The predicted molar refractivity (Wildman–Crippen MR) is 80.0 cm³/mol. The number of rotatable bonds is 4. The largest absolute Gasteiger partial charge is 0.497 e. The third-order valence-corrected chi connectivity index (χ3v) is 3.28. The molecule has 0 fully saturated rings. The van der Waals surface area contributed by atoms with E-state index in [4.69, 9.17) is 10.5 Å². The normalized spacial score (nSPS) is 10.3. The first-order valence-electron chi connectivity index (χ1n) is 6.48. The molecule has 0 aliphatic rings. The number of nitrogens with zero attached hydrogens (tertiary/aromatic N) is 1. The van der Waals surface area contributed by atoms with E-state index in [0.717, 1.165) is 5.56 Å². The molecular formula is C16H17FN2O2. The second-order valence-corrected chi connectivity index (χ2v) is 4.54. The quantitative estimate of drug-likeness (QED) is 0.940. The highest BCUT2D eigenvalue weighted by molar-refractivity contribution is 6.06. The number of hydrogen-bond acceptors (Lipinski definition) is 3. The number of carbonyl (C=O) groups is 1. The maximum Gasteiger partial charge on any atom is 0.260 e. The van der Waals surface area contributed by atoms with Gasteiger partial charge in [-0.15, -0.1) is 0 Å². The molecule has 0 unspecified atom stereocenters. The molecule has 4 nitrogen and oxygen atoms in total. The molecule has 0 atom stereocenters. The number of halogens is 1. The predicted octanol–water partition coefficient (Wildman–Crippen LogP) is 2.57. The molecule has 2 rings (SSSR count). The average Bonchev–Trinajstić information content (AvgIpc) is 2.53. The van der Waals surface area contributed by atoms with Gasteiger partial charge in [0.05, 0.1) is 12.7 Å². The minimum Gasteiger partial charge on any atom is -0.497 e. The van der Waals surface area contributed by atoms with Crippen LogP contribution in [0.3, 0.4) is 0 Å². The lowest BCUT2D eigenvalue weighted by Gasteiger charge is -2.20. The molecule has 0 radical (unpaired) electrons. The summed E-state index contributed by atoms with van der Waals surface area (Å²) in [5.74, 6) is -0.679. The molecule has 0 aliphatic heterocycles. The highest BCUT2D eigenvalue weighted by Crippen LogP contribution is 2.23. The highest BCUT2D eigenvalue weighted by atomic mass is 19.1. The SMILES string of the molecule is COc1ccc(C(=O)N(C)c2ccccc2CN)c(F)c1. The van der Waals surface area contributed by atoms with E-state index >= 15 is 0 Å². The topological polar surface area (TPSA) is 55.6 Å². The van der Waals surface area contributed by atoms with Crippen LogP contribution in [0.2, 0.25) is 0 Å². The third kappa shape index (κ3) is 3.03. The summed E-state index contributed by atoms with van der Waals surface area (Å²) in [6.45, 7) is 0.304. The second kappa shape index (κ2) is 6.37. The van der Waals surface area contributed by atoms with Crippen LogP contribution >= 0.6 is 0 Å². The summed E-state index contributed by atoms with van der Waals surface area (Å²) < 4.78 is 18.9. The fourth-order valence-corrected chi connectivity index (χ4v) is 2.10. The van der Waals surface area contributed by atoms with E-state index in [1.54, 1.807) is 19.2 Å². The van der Waals surface area contributed by atoms with Gasteiger partial charge in [-0.1, -0.05) is 18.2 Å². The fourth-order valence-electron chi connectivity index (χ4n) is 2.10. The van der Waals surface area contributed by atoms with E-state index in [9.17, 15) is 9.18 Å². The molecule has 0 aromatic heterocycles. The van der Waals surface area contributed by atoms with Crippen molar-refractivity contribution in [3.8, 4) is 5.75 Å². The van der Waals surface area contributed by atoms with Gasteiger partial charge in [-0.3, -0.25) is 4.79 Å². The summed E-state index contributed by atoms with van der Waals surface area (Å²) in [6.07, 6.45) is 0. The van der Waals surface area contributed by atoms with E-state index in [2.05, 4.69) is 0 Å². The standard InChI is InChI=1S/C16H17FN2O2/c1-19(15-6-4-3-5-11(15)10-18)16(20)13-8-7-12(21-2)9-14(13)17/h3-9H,10,18H2,1-2H3. The number of nitrogens with two attached hydrogens (primary N) is 1. The number of ether oxygens (including phenoxy) is 1. The first-order chi connectivity index (χ1) is 10.1. The molecule has 0 heterocycles. The number of benzene rings is 2. The third-order valence-electron chi connectivity index (χ3n) is 3.28. The Morgan fingerprint density at radius 3 is 2.62 bits per heavy atom. The van der Waals surface area contributed by atoms with Crippen molar-refractivity contribution in [2.75, 3.05) is 19.1 Å². The van der Waals surface area contributed by atoms with Crippen molar-refractivity contribution >= 4 is 11.6 Å². The van der Waals surface area contributed by atoms with E-state index in [1.807, 2.05) is 18.2 Å². The molecule has 0 saturated heterocycles. The van der Waals surface area contributed by atoms with Crippen LogP contribution in [0, 0.1) is 5.82 Å². The van der Waals surface area contributed by atoms with Crippen molar-refractivity contribution in [1.82, 2.24) is 0 Å². The van der Waals surface area contributed by atoms with Crippen LogP contribution in [0.1, 0.15) is 15.9 Å². The van der Waals surface area contributed by atoms with Gasteiger partial charge >= 0.3 is 0 Å². The van der Waals surface area contributed by atoms with Crippen molar-refractivity contribution in [3.05, 3.63) is 59.4 Å². The zero-order valence-electron chi connectivity index (χ0n) is 12.0. The maximum atomic E-state index is 14.0. The molecule has 0 bridgehead atoms. The monoisotopic (exact) mass is 288 g/mol. The van der Waals surface area contributed by atoms with Gasteiger partial charge in [0.15, 0.2) is 0 Å². The van der Waals surface area contributed by atoms with Crippen LogP contribution < -0.4 is 15.4 Å². The summed E-state index contributed by atoms with van der Waals surface area (Å²) in [6, 6.07) is 11.4. The smallest absolute Gasteiger partial charge is 0.260 e. The molecule has 2 aromatic rings. The first-order valence-corrected chi connectivity index (χ1v) is 6.48. The summed E-state index contributed by atoms with van der Waals surface area (Å²) in [7, 11) is 3.04. The Balaban J connectivity index is 2.35. The molecular weight excluding hydrogens is 271 g/mol. The van der Waals surface area contributed by atoms with E-state index in [1.165, 1.54) is 24.1 Å².